The Morgan fingerprint density at radius 1 is 1.31 bits per heavy atom. The molecule has 0 bridgehead atoms. The second-order valence-corrected chi connectivity index (χ2v) is 10.3. The second kappa shape index (κ2) is 8.29. The van der Waals surface area contributed by atoms with E-state index in [1.54, 1.807) is 22.5 Å². The highest BCUT2D eigenvalue weighted by atomic mass is 32.2. The number of esters is 1. The van der Waals surface area contributed by atoms with E-state index in [1.807, 2.05) is 0 Å². The Hall–Kier alpha value is -1.55. The number of hydrogen-bond donors (Lipinski definition) is 0. The van der Waals surface area contributed by atoms with Crippen LogP contribution in [0.3, 0.4) is 0 Å². The lowest BCUT2D eigenvalue weighted by atomic mass is 9.77. The summed E-state index contributed by atoms with van der Waals surface area (Å²) < 4.78 is 38.2. The molecule has 2 atom stereocenters. The number of rotatable bonds is 5. The van der Waals surface area contributed by atoms with E-state index in [0.29, 0.717) is 19.7 Å². The lowest BCUT2D eigenvalue weighted by Gasteiger charge is -2.37. The van der Waals surface area contributed by atoms with Crippen LogP contribution in [0.5, 0.6) is 0 Å². The van der Waals surface area contributed by atoms with Gasteiger partial charge in [0.25, 0.3) is 10.0 Å². The number of pyridine rings is 1. The summed E-state index contributed by atoms with van der Waals surface area (Å²) in [6.07, 6.45) is 5.91. The predicted molar refractivity (Wildman–Crippen MR) is 106 cm³/mol. The number of piperidine rings is 1. The molecule has 3 aliphatic heterocycles. The normalized spacial score (nSPS) is 28.0. The summed E-state index contributed by atoms with van der Waals surface area (Å²) in [5.74, 6) is -0.164. The maximum Gasteiger partial charge on any atom is 0.323 e. The average Bonchev–Trinajstić information content (AvgIpc) is 3.36. The fourth-order valence-corrected chi connectivity index (χ4v) is 6.28. The van der Waals surface area contributed by atoms with Crippen LogP contribution in [0.4, 0.5) is 0 Å². The topological polar surface area (TPSA) is 89.0 Å². The molecule has 4 rings (SSSR count). The maximum atomic E-state index is 12.8. The fourth-order valence-electron chi connectivity index (χ4n) is 4.90. The zero-order chi connectivity index (χ0) is 20.5. The van der Waals surface area contributed by atoms with Gasteiger partial charge in [0.05, 0.1) is 19.8 Å². The summed E-state index contributed by atoms with van der Waals surface area (Å²) in [5.41, 5.74) is 0.0291. The molecular formula is C20H29N3O5S. The zero-order valence-electron chi connectivity index (χ0n) is 16.8. The van der Waals surface area contributed by atoms with Gasteiger partial charge in [-0.3, -0.25) is 9.69 Å². The first-order valence-corrected chi connectivity index (χ1v) is 11.7. The third kappa shape index (κ3) is 4.19. The van der Waals surface area contributed by atoms with E-state index >= 15 is 0 Å². The Labute approximate surface area is 172 Å². The molecule has 0 amide bonds. The Kier molecular flexibility index (Phi) is 5.92. The van der Waals surface area contributed by atoms with Crippen LogP contribution in [-0.2, 0) is 24.3 Å². The van der Waals surface area contributed by atoms with Gasteiger partial charge in [0.15, 0.2) is 5.03 Å². The zero-order valence-corrected chi connectivity index (χ0v) is 17.6. The van der Waals surface area contributed by atoms with E-state index in [2.05, 4.69) is 9.88 Å². The van der Waals surface area contributed by atoms with E-state index in [1.165, 1.54) is 13.3 Å². The first kappa shape index (κ1) is 20.7. The van der Waals surface area contributed by atoms with Gasteiger partial charge in [0.1, 0.15) is 6.04 Å². The van der Waals surface area contributed by atoms with Crippen LogP contribution in [0.25, 0.3) is 0 Å². The molecule has 3 saturated heterocycles. The van der Waals surface area contributed by atoms with Crippen molar-refractivity contribution in [2.24, 2.45) is 5.41 Å². The van der Waals surface area contributed by atoms with E-state index in [0.717, 1.165) is 45.2 Å². The number of aromatic nitrogens is 1. The van der Waals surface area contributed by atoms with Crippen molar-refractivity contribution in [1.82, 2.24) is 14.2 Å². The third-order valence-corrected chi connectivity index (χ3v) is 8.40. The van der Waals surface area contributed by atoms with Gasteiger partial charge in [0, 0.05) is 25.8 Å². The van der Waals surface area contributed by atoms with Gasteiger partial charge < -0.3 is 9.47 Å². The summed E-state index contributed by atoms with van der Waals surface area (Å²) in [6, 6.07) is 4.79. The molecule has 0 aromatic carbocycles. The van der Waals surface area contributed by atoms with Crippen LogP contribution in [-0.4, -0.2) is 80.6 Å². The molecule has 0 unspecified atom stereocenters. The molecule has 4 heterocycles. The van der Waals surface area contributed by atoms with Crippen LogP contribution in [0, 0.1) is 5.41 Å². The summed E-state index contributed by atoms with van der Waals surface area (Å²) in [4.78, 5) is 18.2. The van der Waals surface area contributed by atoms with Gasteiger partial charge in [-0.1, -0.05) is 6.07 Å². The standard InChI is InChI=1S/C20H29N3O5S/c1-27-19(24)17-5-4-10-22(17)14-16-13-20(15-28-16)7-11-23(12-8-20)29(25,26)18-6-2-3-9-21-18/h2-3,6,9,16-17H,4-5,7-8,10-15H2,1H3/t16-,17+/m1/s1. The van der Waals surface area contributed by atoms with Crippen LogP contribution in [0.1, 0.15) is 32.1 Å². The number of hydrogen-bond acceptors (Lipinski definition) is 7. The molecule has 0 saturated carbocycles. The molecule has 1 spiro atoms. The minimum atomic E-state index is -3.54. The molecule has 1 aromatic rings. The van der Waals surface area contributed by atoms with E-state index in [4.69, 9.17) is 9.47 Å². The molecular weight excluding hydrogens is 394 g/mol. The number of methoxy groups -OCH3 is 1. The highest BCUT2D eigenvalue weighted by Crippen LogP contribution is 2.43. The van der Waals surface area contributed by atoms with Crippen molar-refractivity contribution in [3.63, 3.8) is 0 Å². The quantitative estimate of drug-likeness (QED) is 0.659. The minimum Gasteiger partial charge on any atom is -0.468 e. The van der Waals surface area contributed by atoms with Gasteiger partial charge in [0.2, 0.25) is 0 Å². The van der Waals surface area contributed by atoms with Gasteiger partial charge >= 0.3 is 5.97 Å². The van der Waals surface area contributed by atoms with Crippen molar-refractivity contribution in [3.8, 4) is 0 Å². The first-order valence-electron chi connectivity index (χ1n) is 10.3. The van der Waals surface area contributed by atoms with Crippen molar-refractivity contribution in [2.45, 2.75) is 49.3 Å². The molecule has 8 nitrogen and oxygen atoms in total. The Morgan fingerprint density at radius 3 is 2.79 bits per heavy atom. The van der Waals surface area contributed by atoms with E-state index < -0.39 is 10.0 Å². The Morgan fingerprint density at radius 2 is 2.10 bits per heavy atom. The highest BCUT2D eigenvalue weighted by molar-refractivity contribution is 7.89. The van der Waals surface area contributed by atoms with Crippen molar-refractivity contribution >= 4 is 16.0 Å². The summed E-state index contributed by atoms with van der Waals surface area (Å²) in [5, 5.41) is 0.111. The van der Waals surface area contributed by atoms with Gasteiger partial charge in [-0.15, -0.1) is 0 Å². The average molecular weight is 424 g/mol. The summed E-state index contributed by atoms with van der Waals surface area (Å²) in [6.45, 7) is 3.26. The molecule has 3 fully saturated rings. The van der Waals surface area contributed by atoms with Crippen LogP contribution < -0.4 is 0 Å². The van der Waals surface area contributed by atoms with Crippen molar-refractivity contribution in [3.05, 3.63) is 24.4 Å². The van der Waals surface area contributed by atoms with Crippen molar-refractivity contribution < 1.29 is 22.7 Å². The maximum absolute atomic E-state index is 12.8. The lowest BCUT2D eigenvalue weighted by molar-refractivity contribution is -0.146. The monoisotopic (exact) mass is 423 g/mol. The SMILES string of the molecule is COC(=O)[C@@H]1CCCN1C[C@H]1CC2(CCN(S(=O)(=O)c3ccccn3)CC2)CO1. The summed E-state index contributed by atoms with van der Waals surface area (Å²) >= 11 is 0. The fraction of sp³-hybridized carbons (Fsp3) is 0.700. The van der Waals surface area contributed by atoms with Crippen LogP contribution >= 0.6 is 0 Å². The first-order chi connectivity index (χ1) is 13.9. The van der Waals surface area contributed by atoms with Crippen LogP contribution in [0.2, 0.25) is 0 Å². The number of carbonyl (C=O) groups is 1. The van der Waals surface area contributed by atoms with Crippen molar-refractivity contribution in [1.29, 1.82) is 0 Å². The van der Waals surface area contributed by atoms with Gasteiger partial charge in [-0.2, -0.15) is 4.31 Å². The molecule has 29 heavy (non-hydrogen) atoms. The minimum absolute atomic E-state index is 0.0291. The molecule has 3 aliphatic rings. The smallest absolute Gasteiger partial charge is 0.323 e. The van der Waals surface area contributed by atoms with Gasteiger partial charge in [-0.25, -0.2) is 13.4 Å². The Balaban J connectivity index is 1.34. The molecule has 0 aliphatic carbocycles. The number of carbonyl (C=O) groups excluding carboxylic acids is 1. The molecule has 1 aromatic heterocycles. The number of ether oxygens (including phenoxy) is 2. The van der Waals surface area contributed by atoms with Gasteiger partial charge in [-0.05, 0) is 56.2 Å². The van der Waals surface area contributed by atoms with E-state index in [9.17, 15) is 13.2 Å². The number of sulfonamides is 1. The Bertz CT molecular complexity index is 824. The molecule has 0 N–H and O–H groups in total. The number of nitrogens with zero attached hydrogens (tertiary/aromatic N) is 3. The predicted octanol–water partition coefficient (Wildman–Crippen LogP) is 1.28. The van der Waals surface area contributed by atoms with Crippen molar-refractivity contribution in [2.75, 3.05) is 39.9 Å². The largest absolute Gasteiger partial charge is 0.468 e. The second-order valence-electron chi connectivity index (χ2n) is 8.39. The van der Waals surface area contributed by atoms with E-state index in [-0.39, 0.29) is 28.6 Å². The third-order valence-electron chi connectivity index (χ3n) is 6.59. The highest BCUT2D eigenvalue weighted by Gasteiger charge is 2.45. The molecule has 9 heteroatoms. The molecule has 0 radical (unpaired) electrons. The lowest BCUT2D eigenvalue weighted by Crippen LogP contribution is -2.44. The summed E-state index contributed by atoms with van der Waals surface area (Å²) in [7, 11) is -2.10. The van der Waals surface area contributed by atoms with Crippen LogP contribution in [0.15, 0.2) is 29.4 Å². The molecule has 160 valence electrons. The number of likely N-dealkylation sites (tertiary alicyclic amines) is 1.